The highest BCUT2D eigenvalue weighted by atomic mass is 32.2. The van der Waals surface area contributed by atoms with Gasteiger partial charge in [-0.2, -0.15) is 0 Å². The lowest BCUT2D eigenvalue weighted by Crippen LogP contribution is -2.43. The summed E-state index contributed by atoms with van der Waals surface area (Å²) in [6.07, 6.45) is 1.44. The van der Waals surface area contributed by atoms with Gasteiger partial charge in [-0.1, -0.05) is 13.3 Å². The topological polar surface area (TPSA) is 101 Å². The minimum atomic E-state index is -3.96. The molecule has 0 aliphatic rings. The second kappa shape index (κ2) is 6.40. The van der Waals surface area contributed by atoms with Gasteiger partial charge >= 0.3 is 0 Å². The third-order valence-electron chi connectivity index (χ3n) is 3.02. The van der Waals surface area contributed by atoms with E-state index >= 15 is 0 Å². The average Bonchev–Trinajstić information content (AvgIpc) is 2.36. The van der Waals surface area contributed by atoms with Crippen molar-refractivity contribution in [2.75, 3.05) is 12.4 Å². The van der Waals surface area contributed by atoms with Gasteiger partial charge < -0.3 is 5.32 Å². The molecule has 7 nitrogen and oxygen atoms in total. The summed E-state index contributed by atoms with van der Waals surface area (Å²) >= 11 is 0. The van der Waals surface area contributed by atoms with Crippen LogP contribution in [0.25, 0.3) is 0 Å². The molecule has 0 heterocycles. The quantitative estimate of drug-likeness (QED) is 0.594. The minimum absolute atomic E-state index is 0.323. The number of sulfonamides is 1. The summed E-state index contributed by atoms with van der Waals surface area (Å²) in [6.45, 7) is 5.45. The van der Waals surface area contributed by atoms with E-state index < -0.39 is 26.2 Å². The Morgan fingerprint density at radius 2 is 1.95 bits per heavy atom. The van der Waals surface area contributed by atoms with Gasteiger partial charge in [-0.15, -0.1) is 0 Å². The van der Waals surface area contributed by atoms with Crippen LogP contribution in [0.1, 0.15) is 33.6 Å². The first-order valence-electron chi connectivity index (χ1n) is 6.63. The van der Waals surface area contributed by atoms with Gasteiger partial charge in [0.05, 0.1) is 4.92 Å². The normalized spacial score (nSPS) is 12.2. The van der Waals surface area contributed by atoms with Crippen molar-refractivity contribution in [3.05, 3.63) is 28.3 Å². The van der Waals surface area contributed by atoms with E-state index in [2.05, 4.69) is 10.0 Å². The van der Waals surface area contributed by atoms with Crippen molar-refractivity contribution >= 4 is 21.4 Å². The van der Waals surface area contributed by atoms with Crippen molar-refractivity contribution in [2.24, 2.45) is 0 Å². The van der Waals surface area contributed by atoms with E-state index in [0.29, 0.717) is 12.1 Å². The standard InChI is InChI=1S/C13H21N3O4S/c1-5-8-13(2,3)15-21(19,20)12-7-6-10(14-4)9-11(12)16(17)18/h6-7,9,14-15H,5,8H2,1-4H3. The molecule has 0 radical (unpaired) electrons. The lowest BCUT2D eigenvalue weighted by Gasteiger charge is -2.25. The van der Waals surface area contributed by atoms with Crippen LogP contribution in [0.15, 0.2) is 23.1 Å². The van der Waals surface area contributed by atoms with Crippen LogP contribution in [0.4, 0.5) is 11.4 Å². The van der Waals surface area contributed by atoms with E-state index in [9.17, 15) is 18.5 Å². The molecular formula is C13H21N3O4S. The van der Waals surface area contributed by atoms with Crippen molar-refractivity contribution in [3.63, 3.8) is 0 Å². The second-order valence-electron chi connectivity index (χ2n) is 5.43. The minimum Gasteiger partial charge on any atom is -0.388 e. The van der Waals surface area contributed by atoms with E-state index in [1.807, 2.05) is 6.92 Å². The molecule has 0 fully saturated rings. The van der Waals surface area contributed by atoms with Crippen molar-refractivity contribution in [1.82, 2.24) is 4.72 Å². The predicted molar refractivity (Wildman–Crippen MR) is 82.0 cm³/mol. The van der Waals surface area contributed by atoms with Gasteiger partial charge in [0, 0.05) is 24.3 Å². The molecule has 0 aromatic heterocycles. The van der Waals surface area contributed by atoms with Gasteiger partial charge in [0.15, 0.2) is 4.90 Å². The van der Waals surface area contributed by atoms with E-state index in [0.717, 1.165) is 6.42 Å². The number of nitro groups is 1. The molecular weight excluding hydrogens is 294 g/mol. The van der Waals surface area contributed by atoms with Crippen LogP contribution in [0.5, 0.6) is 0 Å². The molecule has 0 atom stereocenters. The fourth-order valence-corrected chi connectivity index (χ4v) is 3.73. The zero-order valence-corrected chi connectivity index (χ0v) is 13.5. The third kappa shape index (κ3) is 4.40. The molecule has 0 saturated heterocycles. The average molecular weight is 315 g/mol. The maximum Gasteiger partial charge on any atom is 0.291 e. The number of rotatable bonds is 7. The van der Waals surface area contributed by atoms with Crippen LogP contribution in [-0.4, -0.2) is 25.9 Å². The van der Waals surface area contributed by atoms with E-state index in [4.69, 9.17) is 0 Å². The van der Waals surface area contributed by atoms with Crippen LogP contribution in [0.3, 0.4) is 0 Å². The summed E-state index contributed by atoms with van der Waals surface area (Å²) in [4.78, 5) is 10.1. The molecule has 0 unspecified atom stereocenters. The molecule has 1 aromatic rings. The van der Waals surface area contributed by atoms with Crippen LogP contribution in [0, 0.1) is 10.1 Å². The summed E-state index contributed by atoms with van der Waals surface area (Å²) in [5, 5.41) is 13.9. The van der Waals surface area contributed by atoms with Crippen LogP contribution >= 0.6 is 0 Å². The molecule has 2 N–H and O–H groups in total. The Hall–Kier alpha value is -1.67. The summed E-state index contributed by atoms with van der Waals surface area (Å²) in [6, 6.07) is 3.95. The molecule has 0 aliphatic heterocycles. The number of hydrogen-bond acceptors (Lipinski definition) is 5. The Morgan fingerprint density at radius 3 is 2.43 bits per heavy atom. The van der Waals surface area contributed by atoms with E-state index in [-0.39, 0.29) is 4.90 Å². The maximum absolute atomic E-state index is 12.4. The molecule has 0 saturated carbocycles. The molecule has 0 spiro atoms. The fourth-order valence-electron chi connectivity index (χ4n) is 2.14. The van der Waals surface area contributed by atoms with E-state index in [1.165, 1.54) is 18.2 Å². The number of nitrogens with one attached hydrogen (secondary N) is 2. The smallest absolute Gasteiger partial charge is 0.291 e. The van der Waals surface area contributed by atoms with Gasteiger partial charge in [-0.25, -0.2) is 13.1 Å². The highest BCUT2D eigenvalue weighted by molar-refractivity contribution is 7.89. The number of benzene rings is 1. The molecule has 8 heteroatoms. The molecule has 21 heavy (non-hydrogen) atoms. The first-order chi connectivity index (χ1) is 9.63. The summed E-state index contributed by atoms with van der Waals surface area (Å²) < 4.78 is 27.4. The summed E-state index contributed by atoms with van der Waals surface area (Å²) in [5.74, 6) is 0. The largest absolute Gasteiger partial charge is 0.388 e. The Morgan fingerprint density at radius 1 is 1.33 bits per heavy atom. The third-order valence-corrected chi connectivity index (χ3v) is 4.77. The number of anilines is 1. The van der Waals surface area contributed by atoms with Gasteiger partial charge in [-0.05, 0) is 32.4 Å². The van der Waals surface area contributed by atoms with Gasteiger partial charge in [0.2, 0.25) is 10.0 Å². The van der Waals surface area contributed by atoms with Gasteiger partial charge in [0.1, 0.15) is 0 Å². The summed E-state index contributed by atoms with van der Waals surface area (Å²) in [5.41, 5.74) is -0.626. The zero-order valence-electron chi connectivity index (χ0n) is 12.6. The van der Waals surface area contributed by atoms with Crippen molar-refractivity contribution < 1.29 is 13.3 Å². The van der Waals surface area contributed by atoms with Crippen LogP contribution in [-0.2, 0) is 10.0 Å². The lowest BCUT2D eigenvalue weighted by atomic mass is 10.0. The maximum atomic E-state index is 12.4. The first kappa shape index (κ1) is 17.4. The summed E-state index contributed by atoms with van der Waals surface area (Å²) in [7, 11) is -2.35. The molecule has 0 amide bonds. The molecule has 1 aromatic carbocycles. The van der Waals surface area contributed by atoms with Gasteiger partial charge in [-0.3, -0.25) is 10.1 Å². The highest BCUT2D eigenvalue weighted by Gasteiger charge is 2.31. The monoisotopic (exact) mass is 315 g/mol. The Balaban J connectivity index is 3.28. The van der Waals surface area contributed by atoms with Crippen molar-refractivity contribution in [2.45, 2.75) is 44.0 Å². The zero-order chi connectivity index (χ0) is 16.3. The number of nitrogens with zero attached hydrogens (tertiary/aromatic N) is 1. The molecule has 0 bridgehead atoms. The molecule has 0 aliphatic carbocycles. The predicted octanol–water partition coefficient (Wildman–Crippen LogP) is 2.49. The SMILES string of the molecule is CCCC(C)(C)NS(=O)(=O)c1ccc(NC)cc1[N+](=O)[O-]. The Kier molecular flexibility index (Phi) is 5.30. The fraction of sp³-hybridized carbons (Fsp3) is 0.538. The van der Waals surface area contributed by atoms with Crippen molar-refractivity contribution in [1.29, 1.82) is 0 Å². The Labute approximate surface area is 124 Å². The van der Waals surface area contributed by atoms with Crippen LogP contribution in [0.2, 0.25) is 0 Å². The second-order valence-corrected chi connectivity index (χ2v) is 7.08. The van der Waals surface area contributed by atoms with E-state index in [1.54, 1.807) is 20.9 Å². The first-order valence-corrected chi connectivity index (χ1v) is 8.11. The lowest BCUT2D eigenvalue weighted by molar-refractivity contribution is -0.387. The molecule has 118 valence electrons. The molecule has 1 rings (SSSR count). The van der Waals surface area contributed by atoms with Gasteiger partial charge in [0.25, 0.3) is 5.69 Å². The number of hydrogen-bond donors (Lipinski definition) is 2. The number of nitro benzene ring substituents is 1. The Bertz CT molecular complexity index is 626. The highest BCUT2D eigenvalue weighted by Crippen LogP contribution is 2.28. The van der Waals surface area contributed by atoms with Crippen LogP contribution < -0.4 is 10.0 Å². The van der Waals surface area contributed by atoms with Crippen molar-refractivity contribution in [3.8, 4) is 0 Å².